The molecule has 2 amide bonds. The predicted octanol–water partition coefficient (Wildman–Crippen LogP) is 3.21. The maximum absolute atomic E-state index is 12.7. The topological polar surface area (TPSA) is 67.2 Å². The Hall–Kier alpha value is -2.86. The summed E-state index contributed by atoms with van der Waals surface area (Å²) in [7, 11) is 0. The number of carbonyl (C=O) groups excluding carboxylic acids is 2. The first kappa shape index (κ1) is 20.4. The summed E-state index contributed by atoms with van der Waals surface area (Å²) in [6.45, 7) is 2.39. The highest BCUT2D eigenvalue weighted by molar-refractivity contribution is 6.31. The molecule has 1 N–H and O–H groups in total. The number of halogens is 1. The van der Waals surface area contributed by atoms with Crippen LogP contribution in [0.2, 0.25) is 5.02 Å². The number of nitrogens with one attached hydrogen (secondary N) is 1. The quantitative estimate of drug-likeness (QED) is 0.633. The number of amides is 2. The smallest absolute Gasteiger partial charge is 0.242 e. The highest BCUT2D eigenvalue weighted by atomic mass is 35.5. The average molecular weight is 425 g/mol. The molecule has 2 heterocycles. The Kier molecular flexibility index (Phi) is 6.33. The third-order valence-electron chi connectivity index (χ3n) is 5.47. The molecule has 156 valence electrons. The number of hydrogen-bond acceptors (Lipinski definition) is 3. The van der Waals surface area contributed by atoms with E-state index in [9.17, 15) is 9.59 Å². The fraction of sp³-hybridized carbons (Fsp3) is 0.348. The van der Waals surface area contributed by atoms with E-state index < -0.39 is 0 Å². The van der Waals surface area contributed by atoms with Gasteiger partial charge in [0.2, 0.25) is 11.8 Å². The minimum atomic E-state index is -0.0843. The number of imidazole rings is 1. The zero-order valence-electron chi connectivity index (χ0n) is 16.8. The van der Waals surface area contributed by atoms with E-state index in [0.717, 1.165) is 48.4 Å². The van der Waals surface area contributed by atoms with Crippen LogP contribution in [0.25, 0.3) is 11.0 Å². The molecule has 1 fully saturated rings. The van der Waals surface area contributed by atoms with Crippen molar-refractivity contribution < 1.29 is 9.59 Å². The molecule has 0 unspecified atom stereocenters. The van der Waals surface area contributed by atoms with Crippen LogP contribution in [0.1, 0.15) is 24.2 Å². The molecular weight excluding hydrogens is 400 g/mol. The van der Waals surface area contributed by atoms with Crippen molar-refractivity contribution in [3.8, 4) is 0 Å². The normalized spacial score (nSPS) is 13.7. The molecule has 0 radical (unpaired) electrons. The molecule has 0 bridgehead atoms. The van der Waals surface area contributed by atoms with E-state index in [1.165, 1.54) is 0 Å². The third kappa shape index (κ3) is 4.65. The first-order valence-electron chi connectivity index (χ1n) is 10.3. The van der Waals surface area contributed by atoms with Crippen LogP contribution in [0.3, 0.4) is 0 Å². The van der Waals surface area contributed by atoms with E-state index >= 15 is 0 Å². The summed E-state index contributed by atoms with van der Waals surface area (Å²) in [6, 6.07) is 15.2. The minimum Gasteiger partial charge on any atom is -0.355 e. The number of hydrogen-bond donors (Lipinski definition) is 1. The van der Waals surface area contributed by atoms with Gasteiger partial charge in [-0.3, -0.25) is 9.59 Å². The van der Waals surface area contributed by atoms with Gasteiger partial charge in [0.15, 0.2) is 0 Å². The van der Waals surface area contributed by atoms with Crippen LogP contribution in [0, 0.1) is 0 Å². The van der Waals surface area contributed by atoms with E-state index in [1.807, 2.05) is 51.9 Å². The van der Waals surface area contributed by atoms with Crippen molar-refractivity contribution in [1.82, 2.24) is 19.8 Å². The lowest BCUT2D eigenvalue weighted by molar-refractivity contribution is -0.130. The number of nitrogens with zero attached hydrogens (tertiary/aromatic N) is 3. The van der Waals surface area contributed by atoms with E-state index in [0.29, 0.717) is 18.0 Å². The Morgan fingerprint density at radius 3 is 2.57 bits per heavy atom. The molecule has 4 rings (SSSR count). The lowest BCUT2D eigenvalue weighted by Gasteiger charge is -2.17. The molecule has 2 aromatic carbocycles. The van der Waals surface area contributed by atoms with Gasteiger partial charge in [0.1, 0.15) is 12.4 Å². The molecule has 0 spiro atoms. The summed E-state index contributed by atoms with van der Waals surface area (Å²) < 4.78 is 1.98. The van der Waals surface area contributed by atoms with Crippen molar-refractivity contribution in [2.75, 3.05) is 19.6 Å². The van der Waals surface area contributed by atoms with Crippen LogP contribution < -0.4 is 5.32 Å². The molecule has 30 heavy (non-hydrogen) atoms. The Morgan fingerprint density at radius 1 is 1.03 bits per heavy atom. The van der Waals surface area contributed by atoms with Crippen LogP contribution in [0.4, 0.5) is 0 Å². The van der Waals surface area contributed by atoms with Crippen molar-refractivity contribution >= 4 is 34.4 Å². The Labute approximate surface area is 180 Å². The number of likely N-dealkylation sites (tertiary alicyclic amines) is 1. The molecule has 1 aliphatic heterocycles. The number of para-hydroxylation sites is 2. The van der Waals surface area contributed by atoms with Gasteiger partial charge in [0, 0.05) is 31.1 Å². The lowest BCUT2D eigenvalue weighted by atomic mass is 10.1. The molecule has 0 saturated carbocycles. The maximum atomic E-state index is 12.7. The predicted molar refractivity (Wildman–Crippen MR) is 117 cm³/mol. The second kappa shape index (κ2) is 9.30. The van der Waals surface area contributed by atoms with Crippen molar-refractivity contribution in [1.29, 1.82) is 0 Å². The zero-order valence-corrected chi connectivity index (χ0v) is 17.6. The standard InChI is InChI=1S/C23H25ClN4O2/c24-18-8-2-1-7-17(18)15-22(29)25-12-11-21-26-19-9-3-4-10-20(19)28(21)16-23(30)27-13-5-6-14-27/h1-4,7-10H,5-6,11-16H2,(H,25,29). The lowest BCUT2D eigenvalue weighted by Crippen LogP contribution is -2.32. The molecule has 0 aliphatic carbocycles. The van der Waals surface area contributed by atoms with Gasteiger partial charge in [-0.05, 0) is 36.6 Å². The van der Waals surface area contributed by atoms with Crippen molar-refractivity contribution in [2.45, 2.75) is 32.2 Å². The molecule has 7 heteroatoms. The summed E-state index contributed by atoms with van der Waals surface area (Å²) in [5, 5.41) is 3.53. The van der Waals surface area contributed by atoms with Crippen LogP contribution in [0.5, 0.6) is 0 Å². The second-order valence-corrected chi connectivity index (χ2v) is 7.97. The Balaban J connectivity index is 1.42. The number of rotatable bonds is 7. The summed E-state index contributed by atoms with van der Waals surface area (Å²) in [4.78, 5) is 31.7. The van der Waals surface area contributed by atoms with E-state index in [-0.39, 0.29) is 24.8 Å². The highest BCUT2D eigenvalue weighted by Crippen LogP contribution is 2.18. The first-order chi connectivity index (χ1) is 14.6. The van der Waals surface area contributed by atoms with Crippen LogP contribution >= 0.6 is 11.6 Å². The van der Waals surface area contributed by atoms with E-state index in [4.69, 9.17) is 16.6 Å². The van der Waals surface area contributed by atoms with Gasteiger partial charge in [-0.15, -0.1) is 0 Å². The van der Waals surface area contributed by atoms with E-state index in [2.05, 4.69) is 5.32 Å². The number of aromatic nitrogens is 2. The molecular formula is C23H25ClN4O2. The largest absolute Gasteiger partial charge is 0.355 e. The fourth-order valence-electron chi connectivity index (χ4n) is 3.89. The van der Waals surface area contributed by atoms with Gasteiger partial charge in [0.25, 0.3) is 0 Å². The third-order valence-corrected chi connectivity index (χ3v) is 5.83. The van der Waals surface area contributed by atoms with Gasteiger partial charge < -0.3 is 14.8 Å². The highest BCUT2D eigenvalue weighted by Gasteiger charge is 2.20. The Morgan fingerprint density at radius 2 is 1.77 bits per heavy atom. The Bertz CT molecular complexity index is 1060. The number of carbonyl (C=O) groups is 2. The fourth-order valence-corrected chi connectivity index (χ4v) is 4.09. The SMILES string of the molecule is O=C(Cc1ccccc1Cl)NCCc1nc2ccccc2n1CC(=O)N1CCCC1. The van der Waals surface area contributed by atoms with Gasteiger partial charge in [-0.1, -0.05) is 41.9 Å². The minimum absolute atomic E-state index is 0.0843. The molecule has 1 saturated heterocycles. The zero-order chi connectivity index (χ0) is 20.9. The van der Waals surface area contributed by atoms with Gasteiger partial charge in [0.05, 0.1) is 17.5 Å². The summed E-state index contributed by atoms with van der Waals surface area (Å²) in [5.74, 6) is 0.848. The summed E-state index contributed by atoms with van der Waals surface area (Å²) in [6.07, 6.45) is 2.93. The van der Waals surface area contributed by atoms with Crippen LogP contribution in [-0.2, 0) is 29.0 Å². The molecule has 0 atom stereocenters. The van der Waals surface area contributed by atoms with Crippen molar-refractivity contribution in [3.05, 3.63) is 64.9 Å². The van der Waals surface area contributed by atoms with Crippen molar-refractivity contribution in [3.63, 3.8) is 0 Å². The van der Waals surface area contributed by atoms with E-state index in [1.54, 1.807) is 6.07 Å². The summed E-state index contributed by atoms with van der Waals surface area (Å²) >= 11 is 6.14. The van der Waals surface area contributed by atoms with Gasteiger partial charge in [-0.2, -0.15) is 0 Å². The first-order valence-corrected chi connectivity index (χ1v) is 10.7. The second-order valence-electron chi connectivity index (χ2n) is 7.56. The maximum Gasteiger partial charge on any atom is 0.242 e. The molecule has 6 nitrogen and oxygen atoms in total. The number of benzene rings is 2. The van der Waals surface area contributed by atoms with Crippen LogP contribution in [0.15, 0.2) is 48.5 Å². The number of fused-ring (bicyclic) bond motifs is 1. The van der Waals surface area contributed by atoms with Crippen LogP contribution in [-0.4, -0.2) is 45.9 Å². The van der Waals surface area contributed by atoms with Gasteiger partial charge >= 0.3 is 0 Å². The molecule has 3 aromatic rings. The molecule has 1 aromatic heterocycles. The summed E-state index contributed by atoms with van der Waals surface area (Å²) in [5.41, 5.74) is 2.62. The van der Waals surface area contributed by atoms with Crippen molar-refractivity contribution in [2.24, 2.45) is 0 Å². The molecule has 1 aliphatic rings. The monoisotopic (exact) mass is 424 g/mol. The van der Waals surface area contributed by atoms with Gasteiger partial charge in [-0.25, -0.2) is 4.98 Å². The average Bonchev–Trinajstić information content (AvgIpc) is 3.39.